The van der Waals surface area contributed by atoms with Crippen molar-refractivity contribution >= 4 is 11.8 Å². The molecule has 0 bridgehead atoms. The molecule has 4 rings (SSSR count). The van der Waals surface area contributed by atoms with E-state index in [1.54, 1.807) is 29.4 Å². The molecule has 0 spiro atoms. The first-order chi connectivity index (χ1) is 12.2. The van der Waals surface area contributed by atoms with Gasteiger partial charge >= 0.3 is 0 Å². The highest BCUT2D eigenvalue weighted by atomic mass is 16.5. The molecule has 2 aliphatic heterocycles. The quantitative estimate of drug-likeness (QED) is 0.907. The first-order valence-corrected chi connectivity index (χ1v) is 8.56. The molecule has 6 heteroatoms. The fourth-order valence-electron chi connectivity index (χ4n) is 3.47. The van der Waals surface area contributed by atoms with Crippen molar-refractivity contribution in [1.29, 1.82) is 0 Å². The maximum atomic E-state index is 12.8. The maximum absolute atomic E-state index is 12.8. The number of carbonyl (C=O) groups is 2. The smallest absolute Gasteiger partial charge is 0.255 e. The normalized spacial score (nSPS) is 19.3. The van der Waals surface area contributed by atoms with Crippen LogP contribution in [0, 0.1) is 0 Å². The van der Waals surface area contributed by atoms with E-state index < -0.39 is 0 Å². The van der Waals surface area contributed by atoms with Crippen LogP contribution in [0.3, 0.4) is 0 Å². The second-order valence-electron chi connectivity index (χ2n) is 6.42. The molecule has 0 aliphatic carbocycles. The van der Waals surface area contributed by atoms with Crippen LogP contribution in [-0.2, 0) is 17.8 Å². The van der Waals surface area contributed by atoms with Crippen molar-refractivity contribution in [2.75, 3.05) is 13.2 Å². The highest BCUT2D eigenvalue weighted by Gasteiger charge is 2.33. The summed E-state index contributed by atoms with van der Waals surface area (Å²) in [6.07, 6.45) is 3.69. The summed E-state index contributed by atoms with van der Waals surface area (Å²) in [6.45, 7) is 2.18. The van der Waals surface area contributed by atoms with Crippen LogP contribution in [0.4, 0.5) is 0 Å². The van der Waals surface area contributed by atoms with Gasteiger partial charge in [0.05, 0.1) is 30.0 Å². The van der Waals surface area contributed by atoms with Crippen molar-refractivity contribution in [3.8, 4) is 0 Å². The molecule has 2 aromatic rings. The molecule has 1 N–H and O–H groups in total. The number of benzene rings is 1. The number of carbonyl (C=O) groups excluding carboxylic acids is 2. The minimum absolute atomic E-state index is 0.0887. The second kappa shape index (κ2) is 6.72. The van der Waals surface area contributed by atoms with Gasteiger partial charge in [-0.05, 0) is 36.6 Å². The van der Waals surface area contributed by atoms with Crippen molar-refractivity contribution in [3.63, 3.8) is 0 Å². The van der Waals surface area contributed by atoms with Gasteiger partial charge in [0.25, 0.3) is 11.8 Å². The van der Waals surface area contributed by atoms with Gasteiger partial charge in [-0.3, -0.25) is 9.59 Å². The zero-order valence-electron chi connectivity index (χ0n) is 13.9. The van der Waals surface area contributed by atoms with Crippen LogP contribution in [0.2, 0.25) is 0 Å². The topological polar surface area (TPSA) is 71.8 Å². The fraction of sp³-hybridized carbons (Fsp3) is 0.368. The SMILES string of the molecule is O=C(NCc1ccco1)c1cccc2c1C(=O)N(C[C@@H]1CCCO1)C2. The maximum Gasteiger partial charge on any atom is 0.255 e. The number of hydrogen-bond acceptors (Lipinski definition) is 4. The first kappa shape index (κ1) is 15.9. The fourth-order valence-corrected chi connectivity index (χ4v) is 3.47. The van der Waals surface area contributed by atoms with Crippen molar-refractivity contribution in [1.82, 2.24) is 10.2 Å². The molecule has 1 aromatic carbocycles. The molecular formula is C19H20N2O4. The Bertz CT molecular complexity index is 779. The Morgan fingerprint density at radius 2 is 2.20 bits per heavy atom. The van der Waals surface area contributed by atoms with Gasteiger partial charge in [-0.1, -0.05) is 12.1 Å². The summed E-state index contributed by atoms with van der Waals surface area (Å²) in [6, 6.07) is 9.00. The summed E-state index contributed by atoms with van der Waals surface area (Å²) >= 11 is 0. The van der Waals surface area contributed by atoms with E-state index >= 15 is 0 Å². The predicted molar refractivity (Wildman–Crippen MR) is 90.0 cm³/mol. The third-order valence-electron chi connectivity index (χ3n) is 4.71. The van der Waals surface area contributed by atoms with E-state index in [4.69, 9.17) is 9.15 Å². The number of fused-ring (bicyclic) bond motifs is 1. The molecule has 1 aromatic heterocycles. The minimum atomic E-state index is -0.263. The number of nitrogens with zero attached hydrogens (tertiary/aromatic N) is 1. The Morgan fingerprint density at radius 1 is 1.28 bits per heavy atom. The summed E-state index contributed by atoms with van der Waals surface area (Å²) in [5.41, 5.74) is 1.83. The number of nitrogens with one attached hydrogen (secondary N) is 1. The van der Waals surface area contributed by atoms with Crippen molar-refractivity contribution < 1.29 is 18.7 Å². The highest BCUT2D eigenvalue weighted by molar-refractivity contribution is 6.09. The molecule has 1 fully saturated rings. The third kappa shape index (κ3) is 3.17. The van der Waals surface area contributed by atoms with Crippen LogP contribution in [0.5, 0.6) is 0 Å². The monoisotopic (exact) mass is 340 g/mol. The molecular weight excluding hydrogens is 320 g/mol. The minimum Gasteiger partial charge on any atom is -0.467 e. The predicted octanol–water partition coefficient (Wildman–Crippen LogP) is 2.34. The lowest BCUT2D eigenvalue weighted by atomic mass is 10.0. The van der Waals surface area contributed by atoms with Crippen molar-refractivity contribution in [2.24, 2.45) is 0 Å². The van der Waals surface area contributed by atoms with E-state index in [9.17, 15) is 9.59 Å². The summed E-state index contributed by atoms with van der Waals surface area (Å²) in [4.78, 5) is 27.1. The third-order valence-corrected chi connectivity index (χ3v) is 4.71. The summed E-state index contributed by atoms with van der Waals surface area (Å²) in [5.74, 6) is 0.321. The Labute approximate surface area is 145 Å². The number of furan rings is 1. The molecule has 2 aliphatic rings. The Kier molecular flexibility index (Phi) is 4.28. The van der Waals surface area contributed by atoms with Crippen molar-refractivity contribution in [3.05, 3.63) is 59.0 Å². The Hall–Kier alpha value is -2.60. The van der Waals surface area contributed by atoms with E-state index in [1.165, 1.54) is 0 Å². The van der Waals surface area contributed by atoms with Gasteiger partial charge in [-0.25, -0.2) is 0 Å². The summed E-state index contributed by atoms with van der Waals surface area (Å²) in [5, 5.41) is 2.81. The van der Waals surface area contributed by atoms with Crippen LogP contribution in [0.1, 0.15) is 44.9 Å². The molecule has 3 heterocycles. The number of hydrogen-bond donors (Lipinski definition) is 1. The van der Waals surface area contributed by atoms with Gasteiger partial charge in [-0.2, -0.15) is 0 Å². The van der Waals surface area contributed by atoms with Gasteiger partial charge in [0.1, 0.15) is 5.76 Å². The molecule has 0 unspecified atom stereocenters. The number of ether oxygens (including phenoxy) is 1. The number of rotatable bonds is 5. The lowest BCUT2D eigenvalue weighted by Crippen LogP contribution is -2.33. The molecule has 2 amide bonds. The lowest BCUT2D eigenvalue weighted by molar-refractivity contribution is 0.0544. The Balaban J connectivity index is 1.49. The summed E-state index contributed by atoms with van der Waals surface area (Å²) < 4.78 is 10.9. The summed E-state index contributed by atoms with van der Waals surface area (Å²) in [7, 11) is 0. The van der Waals surface area contributed by atoms with Crippen LogP contribution in [0.15, 0.2) is 41.0 Å². The van der Waals surface area contributed by atoms with Crippen LogP contribution >= 0.6 is 0 Å². The van der Waals surface area contributed by atoms with Gasteiger partial charge in [0.15, 0.2) is 0 Å². The van der Waals surface area contributed by atoms with Crippen molar-refractivity contribution in [2.45, 2.75) is 32.0 Å². The van der Waals surface area contributed by atoms with Gasteiger partial charge in [0, 0.05) is 19.7 Å². The Morgan fingerprint density at radius 3 is 2.96 bits per heavy atom. The molecule has 1 atom stereocenters. The average Bonchev–Trinajstić information content (AvgIpc) is 3.36. The lowest BCUT2D eigenvalue weighted by Gasteiger charge is -2.19. The van der Waals surface area contributed by atoms with Gasteiger partial charge in [-0.15, -0.1) is 0 Å². The molecule has 6 nitrogen and oxygen atoms in total. The number of amides is 2. The molecule has 25 heavy (non-hydrogen) atoms. The van der Waals surface area contributed by atoms with E-state index in [2.05, 4.69) is 5.32 Å². The molecule has 130 valence electrons. The zero-order valence-corrected chi connectivity index (χ0v) is 13.9. The van der Waals surface area contributed by atoms with E-state index in [-0.39, 0.29) is 17.9 Å². The van der Waals surface area contributed by atoms with E-state index in [0.717, 1.165) is 25.0 Å². The van der Waals surface area contributed by atoms with E-state index in [0.29, 0.717) is 36.5 Å². The molecule has 0 radical (unpaired) electrons. The standard InChI is InChI=1S/C19H20N2O4/c22-18(20-10-14-5-2-8-24-14)16-7-1-4-13-11-21(19(23)17(13)16)12-15-6-3-9-25-15/h1-2,4-5,7-8,15H,3,6,9-12H2,(H,20,22)/t15-/m0/s1. The van der Waals surface area contributed by atoms with Crippen LogP contribution in [-0.4, -0.2) is 36.0 Å². The highest BCUT2D eigenvalue weighted by Crippen LogP contribution is 2.27. The van der Waals surface area contributed by atoms with E-state index in [1.807, 2.05) is 12.1 Å². The van der Waals surface area contributed by atoms with Gasteiger partial charge in [0.2, 0.25) is 0 Å². The molecule has 1 saturated heterocycles. The van der Waals surface area contributed by atoms with Gasteiger partial charge < -0.3 is 19.4 Å². The average molecular weight is 340 g/mol. The largest absolute Gasteiger partial charge is 0.467 e. The second-order valence-corrected chi connectivity index (χ2v) is 6.42. The molecule has 0 saturated carbocycles. The van der Waals surface area contributed by atoms with Crippen LogP contribution in [0.25, 0.3) is 0 Å². The van der Waals surface area contributed by atoms with Crippen LogP contribution < -0.4 is 5.32 Å². The zero-order chi connectivity index (χ0) is 17.2. The first-order valence-electron chi connectivity index (χ1n) is 8.56.